The molecule has 100 valence electrons. The van der Waals surface area contributed by atoms with E-state index in [9.17, 15) is 4.79 Å². The van der Waals surface area contributed by atoms with Crippen molar-refractivity contribution >= 4 is 29.0 Å². The molecule has 0 N–H and O–H groups in total. The van der Waals surface area contributed by atoms with E-state index in [0.717, 1.165) is 28.5 Å². The van der Waals surface area contributed by atoms with Gasteiger partial charge in [0.2, 0.25) is 0 Å². The quantitative estimate of drug-likeness (QED) is 0.853. The van der Waals surface area contributed by atoms with Gasteiger partial charge in [-0.3, -0.25) is 9.48 Å². The number of aromatic nitrogens is 2. The minimum Gasteiger partial charge on any atom is -0.329 e. The Morgan fingerprint density at radius 3 is 3.11 bits per heavy atom. The minimum atomic E-state index is 0.141. The second-order valence-corrected chi connectivity index (χ2v) is 6.61. The summed E-state index contributed by atoms with van der Waals surface area (Å²) in [5, 5.41) is 6.17. The molecule has 4 nitrogen and oxygen atoms in total. The van der Waals surface area contributed by atoms with Gasteiger partial charge in [0.1, 0.15) is 0 Å². The Bertz CT molecular complexity index is 564. The molecule has 1 amide bonds. The fraction of sp³-hybridized carbons (Fsp3) is 0.385. The molecule has 1 aliphatic heterocycles. The van der Waals surface area contributed by atoms with E-state index in [1.807, 2.05) is 53.6 Å². The Labute approximate surface area is 120 Å². The molecular weight excluding hydrogens is 278 g/mol. The zero-order valence-electron chi connectivity index (χ0n) is 10.7. The summed E-state index contributed by atoms with van der Waals surface area (Å²) >= 11 is 3.41. The maximum absolute atomic E-state index is 12.6. The van der Waals surface area contributed by atoms with Crippen LogP contribution in [0.4, 0.5) is 0 Å². The summed E-state index contributed by atoms with van der Waals surface area (Å²) in [6, 6.07) is 3.96. The van der Waals surface area contributed by atoms with E-state index < -0.39 is 0 Å². The average Bonchev–Trinajstić information content (AvgIpc) is 3.09. The molecule has 1 saturated heterocycles. The number of hydrogen-bond acceptors (Lipinski definition) is 4. The molecule has 0 saturated carbocycles. The number of rotatable bonds is 2. The summed E-state index contributed by atoms with van der Waals surface area (Å²) < 4.78 is 1.79. The van der Waals surface area contributed by atoms with Crippen LogP contribution in [0.25, 0.3) is 0 Å². The van der Waals surface area contributed by atoms with Gasteiger partial charge in [0.15, 0.2) is 0 Å². The molecule has 0 spiro atoms. The van der Waals surface area contributed by atoms with Crippen molar-refractivity contribution in [3.8, 4) is 0 Å². The molecule has 6 heteroatoms. The molecule has 1 atom stereocenters. The Hall–Kier alpha value is -1.27. The van der Waals surface area contributed by atoms with Crippen molar-refractivity contribution in [2.24, 2.45) is 7.05 Å². The molecule has 3 heterocycles. The monoisotopic (exact) mass is 293 g/mol. The van der Waals surface area contributed by atoms with E-state index in [4.69, 9.17) is 0 Å². The van der Waals surface area contributed by atoms with Crippen molar-refractivity contribution in [1.82, 2.24) is 14.7 Å². The first-order valence-corrected chi connectivity index (χ1v) is 8.20. The molecule has 0 aromatic carbocycles. The maximum Gasteiger partial charge on any atom is 0.264 e. The largest absolute Gasteiger partial charge is 0.329 e. The van der Waals surface area contributed by atoms with Crippen LogP contribution in [0, 0.1) is 0 Å². The Morgan fingerprint density at radius 1 is 1.53 bits per heavy atom. The van der Waals surface area contributed by atoms with Crippen LogP contribution in [0.2, 0.25) is 0 Å². The Kier molecular flexibility index (Phi) is 3.61. The van der Waals surface area contributed by atoms with Crippen LogP contribution in [0.3, 0.4) is 0 Å². The summed E-state index contributed by atoms with van der Waals surface area (Å²) in [5.74, 6) is 2.10. The van der Waals surface area contributed by atoms with E-state index in [1.54, 1.807) is 4.68 Å². The molecule has 1 fully saturated rings. The summed E-state index contributed by atoms with van der Waals surface area (Å²) in [6.07, 6.45) is 3.87. The molecule has 19 heavy (non-hydrogen) atoms. The summed E-state index contributed by atoms with van der Waals surface area (Å²) in [4.78, 5) is 15.4. The topological polar surface area (TPSA) is 38.1 Å². The number of amides is 1. The first-order valence-electron chi connectivity index (χ1n) is 6.16. The normalized spacial score (nSPS) is 19.6. The highest BCUT2D eigenvalue weighted by atomic mass is 32.2. The maximum atomic E-state index is 12.6. The number of carbonyl (C=O) groups is 1. The van der Waals surface area contributed by atoms with Gasteiger partial charge < -0.3 is 4.90 Å². The zero-order valence-corrected chi connectivity index (χ0v) is 12.3. The van der Waals surface area contributed by atoms with Gasteiger partial charge >= 0.3 is 0 Å². The van der Waals surface area contributed by atoms with E-state index in [-0.39, 0.29) is 11.9 Å². The SMILES string of the molecule is Cn1cc(C2CSCCN2C(=O)c2cccs2)cn1. The van der Waals surface area contributed by atoms with Crippen LogP contribution >= 0.6 is 23.1 Å². The molecule has 2 aromatic rings. The predicted octanol–water partition coefficient (Wildman–Crippen LogP) is 2.41. The van der Waals surface area contributed by atoms with Crippen molar-refractivity contribution in [1.29, 1.82) is 0 Å². The number of thiophene rings is 1. The first kappa shape index (κ1) is 12.7. The molecule has 0 aliphatic carbocycles. The van der Waals surface area contributed by atoms with Crippen LogP contribution in [0.1, 0.15) is 21.3 Å². The lowest BCUT2D eigenvalue weighted by molar-refractivity contribution is 0.0706. The molecule has 3 rings (SSSR count). The summed E-state index contributed by atoms with van der Waals surface area (Å²) in [6.45, 7) is 0.807. The van der Waals surface area contributed by atoms with Gasteiger partial charge in [-0.2, -0.15) is 16.9 Å². The van der Waals surface area contributed by atoms with Gasteiger partial charge in [0.05, 0.1) is 17.1 Å². The zero-order chi connectivity index (χ0) is 13.2. The second-order valence-electron chi connectivity index (χ2n) is 4.51. The summed E-state index contributed by atoms with van der Waals surface area (Å²) in [5.41, 5.74) is 1.12. The highest BCUT2D eigenvalue weighted by Crippen LogP contribution is 2.31. The van der Waals surface area contributed by atoms with Crippen LogP contribution in [-0.4, -0.2) is 38.6 Å². The predicted molar refractivity (Wildman–Crippen MR) is 78.6 cm³/mol. The van der Waals surface area contributed by atoms with E-state index in [2.05, 4.69) is 5.10 Å². The van der Waals surface area contributed by atoms with Gasteiger partial charge in [-0.15, -0.1) is 11.3 Å². The lowest BCUT2D eigenvalue weighted by atomic mass is 10.1. The van der Waals surface area contributed by atoms with Crippen molar-refractivity contribution in [3.05, 3.63) is 40.3 Å². The lowest BCUT2D eigenvalue weighted by Crippen LogP contribution is -2.40. The molecule has 1 unspecified atom stereocenters. The molecule has 0 radical (unpaired) electrons. The molecule has 2 aromatic heterocycles. The fourth-order valence-corrected chi connectivity index (χ4v) is 4.04. The summed E-state index contributed by atoms with van der Waals surface area (Å²) in [7, 11) is 1.91. The van der Waals surface area contributed by atoms with Crippen LogP contribution in [-0.2, 0) is 7.05 Å². The van der Waals surface area contributed by atoms with Crippen molar-refractivity contribution in [3.63, 3.8) is 0 Å². The van der Waals surface area contributed by atoms with Crippen LogP contribution < -0.4 is 0 Å². The third kappa shape index (κ3) is 2.55. The third-order valence-corrected chi connectivity index (χ3v) is 5.11. The lowest BCUT2D eigenvalue weighted by Gasteiger charge is -2.34. The van der Waals surface area contributed by atoms with Gasteiger partial charge in [0.25, 0.3) is 5.91 Å². The number of hydrogen-bond donors (Lipinski definition) is 0. The van der Waals surface area contributed by atoms with Gasteiger partial charge in [0, 0.05) is 36.9 Å². The third-order valence-electron chi connectivity index (χ3n) is 3.23. The first-order chi connectivity index (χ1) is 9.25. The molecule has 0 bridgehead atoms. The smallest absolute Gasteiger partial charge is 0.264 e. The Balaban J connectivity index is 1.87. The number of carbonyl (C=O) groups excluding carboxylic acids is 1. The average molecular weight is 293 g/mol. The molecular formula is C13H15N3OS2. The second kappa shape index (κ2) is 5.38. The number of thioether (sulfide) groups is 1. The number of nitrogens with zero attached hydrogens (tertiary/aromatic N) is 3. The van der Waals surface area contributed by atoms with E-state index in [0.29, 0.717) is 0 Å². The van der Waals surface area contributed by atoms with E-state index in [1.165, 1.54) is 11.3 Å². The van der Waals surface area contributed by atoms with Gasteiger partial charge in [-0.1, -0.05) is 6.07 Å². The highest BCUT2D eigenvalue weighted by Gasteiger charge is 2.30. The highest BCUT2D eigenvalue weighted by molar-refractivity contribution is 7.99. The Morgan fingerprint density at radius 2 is 2.42 bits per heavy atom. The fourth-order valence-electron chi connectivity index (χ4n) is 2.28. The van der Waals surface area contributed by atoms with Crippen LogP contribution in [0.15, 0.2) is 29.9 Å². The van der Waals surface area contributed by atoms with Crippen LogP contribution in [0.5, 0.6) is 0 Å². The molecule has 1 aliphatic rings. The van der Waals surface area contributed by atoms with Crippen molar-refractivity contribution in [2.45, 2.75) is 6.04 Å². The van der Waals surface area contributed by atoms with Crippen molar-refractivity contribution in [2.75, 3.05) is 18.1 Å². The number of aryl methyl sites for hydroxylation is 1. The minimum absolute atomic E-state index is 0.141. The van der Waals surface area contributed by atoms with Gasteiger partial charge in [-0.25, -0.2) is 0 Å². The van der Waals surface area contributed by atoms with E-state index >= 15 is 0 Å². The van der Waals surface area contributed by atoms with Gasteiger partial charge in [-0.05, 0) is 11.4 Å². The standard InChI is InChI=1S/C13H15N3OS2/c1-15-8-10(7-14-15)11-9-18-6-4-16(11)13(17)12-3-2-5-19-12/h2-3,5,7-8,11H,4,6,9H2,1H3. The van der Waals surface area contributed by atoms with Crippen molar-refractivity contribution < 1.29 is 4.79 Å².